The fraction of sp³-hybridized carbons (Fsp3) is 0.118. The molecule has 2 aromatic carbocycles. The molecule has 0 spiro atoms. The summed E-state index contributed by atoms with van der Waals surface area (Å²) < 4.78 is 5.41. The fourth-order valence-corrected chi connectivity index (χ4v) is 3.06. The minimum Gasteiger partial charge on any atom is -0.457 e. The Kier molecular flexibility index (Phi) is 3.62. The van der Waals surface area contributed by atoms with Crippen molar-refractivity contribution in [2.75, 3.05) is 5.73 Å². The maximum atomic E-state index is 12.1. The van der Waals surface area contributed by atoms with Gasteiger partial charge >= 0.3 is 5.97 Å². The van der Waals surface area contributed by atoms with Gasteiger partial charge in [-0.2, -0.15) is 0 Å². The Balaban J connectivity index is 1.79. The van der Waals surface area contributed by atoms with Gasteiger partial charge < -0.3 is 10.5 Å². The third-order valence-corrected chi connectivity index (χ3v) is 4.44. The summed E-state index contributed by atoms with van der Waals surface area (Å²) >= 11 is 1.36. The van der Waals surface area contributed by atoms with Crippen LogP contribution >= 0.6 is 11.3 Å². The highest BCUT2D eigenvalue weighted by Crippen LogP contribution is 2.25. The number of carbonyl (C=O) groups excluding carboxylic acids is 1. The van der Waals surface area contributed by atoms with E-state index in [-0.39, 0.29) is 12.6 Å². The highest BCUT2D eigenvalue weighted by atomic mass is 32.1. The second kappa shape index (κ2) is 5.58. The van der Waals surface area contributed by atoms with Crippen molar-refractivity contribution in [3.63, 3.8) is 0 Å². The molecule has 0 amide bonds. The zero-order valence-electron chi connectivity index (χ0n) is 11.6. The molecular formula is C17H15NO2S. The van der Waals surface area contributed by atoms with Gasteiger partial charge in [-0.15, -0.1) is 11.3 Å². The van der Waals surface area contributed by atoms with Crippen molar-refractivity contribution in [3.05, 3.63) is 63.8 Å². The summed E-state index contributed by atoms with van der Waals surface area (Å²) in [5.41, 5.74) is 7.40. The first-order chi connectivity index (χ1) is 10.1. The lowest BCUT2D eigenvalue weighted by atomic mass is 10.1. The van der Waals surface area contributed by atoms with E-state index in [0.717, 1.165) is 21.2 Å². The SMILES string of the molecule is Cc1sc(C(=O)OCc2cccc3ccccc23)cc1N. The standard InChI is InChI=1S/C17H15NO2S/c1-11-15(18)9-16(21-11)17(19)20-10-13-7-4-6-12-5-2-3-8-14(12)13/h2-9H,10,18H2,1H3. The predicted molar refractivity (Wildman–Crippen MR) is 86.5 cm³/mol. The van der Waals surface area contributed by atoms with Crippen LogP contribution in [-0.2, 0) is 11.3 Å². The molecule has 3 nitrogen and oxygen atoms in total. The lowest BCUT2D eigenvalue weighted by Gasteiger charge is -2.07. The molecule has 0 aliphatic heterocycles. The van der Waals surface area contributed by atoms with Gasteiger partial charge in [0.05, 0.1) is 0 Å². The molecule has 0 saturated heterocycles. The van der Waals surface area contributed by atoms with Gasteiger partial charge in [-0.25, -0.2) is 4.79 Å². The van der Waals surface area contributed by atoms with Gasteiger partial charge in [0.15, 0.2) is 0 Å². The van der Waals surface area contributed by atoms with Crippen LogP contribution in [0.2, 0.25) is 0 Å². The molecule has 1 aromatic heterocycles. The van der Waals surface area contributed by atoms with Crippen molar-refractivity contribution in [1.82, 2.24) is 0 Å². The third kappa shape index (κ3) is 2.76. The number of hydrogen-bond acceptors (Lipinski definition) is 4. The van der Waals surface area contributed by atoms with Crippen LogP contribution in [0.15, 0.2) is 48.5 Å². The van der Waals surface area contributed by atoms with Crippen LogP contribution in [0.1, 0.15) is 20.1 Å². The van der Waals surface area contributed by atoms with Crippen molar-refractivity contribution < 1.29 is 9.53 Å². The first-order valence-corrected chi connectivity index (χ1v) is 7.46. The van der Waals surface area contributed by atoms with Crippen LogP contribution in [0.3, 0.4) is 0 Å². The molecule has 0 aliphatic rings. The third-order valence-electron chi connectivity index (χ3n) is 3.40. The minimum atomic E-state index is -0.326. The van der Waals surface area contributed by atoms with E-state index in [0.29, 0.717) is 10.6 Å². The molecule has 0 fully saturated rings. The van der Waals surface area contributed by atoms with E-state index in [1.807, 2.05) is 49.4 Å². The van der Waals surface area contributed by atoms with Gasteiger partial charge in [0, 0.05) is 10.6 Å². The molecule has 0 unspecified atom stereocenters. The van der Waals surface area contributed by atoms with Gasteiger partial charge in [0.1, 0.15) is 11.5 Å². The number of thiophene rings is 1. The number of benzene rings is 2. The van der Waals surface area contributed by atoms with Crippen LogP contribution in [0.25, 0.3) is 10.8 Å². The summed E-state index contributed by atoms with van der Waals surface area (Å²) in [6, 6.07) is 15.7. The van der Waals surface area contributed by atoms with Crippen molar-refractivity contribution in [2.24, 2.45) is 0 Å². The lowest BCUT2D eigenvalue weighted by Crippen LogP contribution is -2.03. The molecule has 0 bridgehead atoms. The average molecular weight is 297 g/mol. The molecule has 4 heteroatoms. The van der Waals surface area contributed by atoms with Gasteiger partial charge in [0.2, 0.25) is 0 Å². The molecule has 3 rings (SSSR count). The highest BCUT2D eigenvalue weighted by Gasteiger charge is 2.13. The summed E-state index contributed by atoms with van der Waals surface area (Å²) in [5, 5.41) is 2.25. The number of hydrogen-bond donors (Lipinski definition) is 1. The quantitative estimate of drug-likeness (QED) is 0.739. The van der Waals surface area contributed by atoms with E-state index in [2.05, 4.69) is 0 Å². The van der Waals surface area contributed by atoms with Crippen LogP contribution in [0, 0.1) is 6.92 Å². The number of aryl methyl sites for hydroxylation is 1. The number of fused-ring (bicyclic) bond motifs is 1. The first kappa shape index (κ1) is 13.6. The fourth-order valence-electron chi connectivity index (χ4n) is 2.23. The molecule has 0 radical (unpaired) electrons. The largest absolute Gasteiger partial charge is 0.457 e. The second-order valence-electron chi connectivity index (χ2n) is 4.84. The number of nitrogens with two attached hydrogens (primary N) is 1. The van der Waals surface area contributed by atoms with Gasteiger partial charge in [-0.05, 0) is 29.3 Å². The molecule has 0 saturated carbocycles. The van der Waals surface area contributed by atoms with E-state index in [4.69, 9.17) is 10.5 Å². The Labute approximate surface area is 127 Å². The smallest absolute Gasteiger partial charge is 0.348 e. The predicted octanol–water partition coefficient (Wildman–Crippen LogP) is 4.15. The van der Waals surface area contributed by atoms with Crippen LogP contribution in [0.4, 0.5) is 5.69 Å². The number of rotatable bonds is 3. The molecule has 0 aliphatic carbocycles. The summed E-state index contributed by atoms with van der Waals surface area (Å²) in [7, 11) is 0. The van der Waals surface area contributed by atoms with Crippen molar-refractivity contribution >= 4 is 33.8 Å². The highest BCUT2D eigenvalue weighted by molar-refractivity contribution is 7.14. The zero-order valence-corrected chi connectivity index (χ0v) is 12.4. The second-order valence-corrected chi connectivity index (χ2v) is 6.09. The Morgan fingerprint density at radius 1 is 1.19 bits per heavy atom. The number of carbonyl (C=O) groups is 1. The molecule has 0 atom stereocenters. The van der Waals surface area contributed by atoms with Crippen LogP contribution in [-0.4, -0.2) is 5.97 Å². The summed E-state index contributed by atoms with van der Waals surface area (Å²) in [6.45, 7) is 2.15. The lowest BCUT2D eigenvalue weighted by molar-refractivity contribution is 0.0480. The van der Waals surface area contributed by atoms with E-state index >= 15 is 0 Å². The topological polar surface area (TPSA) is 52.3 Å². The number of ether oxygens (including phenoxy) is 1. The minimum absolute atomic E-state index is 0.261. The number of esters is 1. The molecule has 2 N–H and O–H groups in total. The first-order valence-electron chi connectivity index (χ1n) is 6.65. The maximum absolute atomic E-state index is 12.1. The van der Waals surface area contributed by atoms with E-state index < -0.39 is 0 Å². The van der Waals surface area contributed by atoms with E-state index in [1.165, 1.54) is 11.3 Å². The Morgan fingerprint density at radius 2 is 1.95 bits per heavy atom. The van der Waals surface area contributed by atoms with Gasteiger partial charge in [-0.1, -0.05) is 42.5 Å². The maximum Gasteiger partial charge on any atom is 0.348 e. The van der Waals surface area contributed by atoms with Crippen molar-refractivity contribution in [2.45, 2.75) is 13.5 Å². The summed E-state index contributed by atoms with van der Waals surface area (Å²) in [4.78, 5) is 13.5. The molecular weight excluding hydrogens is 282 g/mol. The zero-order chi connectivity index (χ0) is 14.8. The Morgan fingerprint density at radius 3 is 2.71 bits per heavy atom. The molecule has 1 heterocycles. The Bertz CT molecular complexity index is 783. The van der Waals surface area contributed by atoms with E-state index in [9.17, 15) is 4.79 Å². The number of nitrogen functional groups attached to an aromatic ring is 1. The normalized spacial score (nSPS) is 10.7. The van der Waals surface area contributed by atoms with Crippen LogP contribution < -0.4 is 5.73 Å². The summed E-state index contributed by atoms with van der Waals surface area (Å²) in [5.74, 6) is -0.326. The van der Waals surface area contributed by atoms with Gasteiger partial charge in [0.25, 0.3) is 0 Å². The van der Waals surface area contributed by atoms with Gasteiger partial charge in [-0.3, -0.25) is 0 Å². The Hall–Kier alpha value is -2.33. The van der Waals surface area contributed by atoms with Crippen molar-refractivity contribution in [3.8, 4) is 0 Å². The summed E-state index contributed by atoms with van der Waals surface area (Å²) in [6.07, 6.45) is 0. The van der Waals surface area contributed by atoms with Crippen molar-refractivity contribution in [1.29, 1.82) is 0 Å². The average Bonchev–Trinajstić information content (AvgIpc) is 2.84. The number of anilines is 1. The monoisotopic (exact) mass is 297 g/mol. The van der Waals surface area contributed by atoms with E-state index in [1.54, 1.807) is 6.07 Å². The molecule has 3 aromatic rings. The molecule has 106 valence electrons. The molecule has 21 heavy (non-hydrogen) atoms. The van der Waals surface area contributed by atoms with Crippen LogP contribution in [0.5, 0.6) is 0 Å².